The summed E-state index contributed by atoms with van der Waals surface area (Å²) in [5.41, 5.74) is 0.807. The summed E-state index contributed by atoms with van der Waals surface area (Å²) in [6.45, 7) is 1.95. The molecule has 0 unspecified atom stereocenters. The molecule has 1 N–H and O–H groups in total. The van der Waals surface area contributed by atoms with Crippen molar-refractivity contribution in [3.8, 4) is 23.1 Å². The number of aromatic nitrogens is 4. The molecule has 1 aliphatic carbocycles. The Kier molecular flexibility index (Phi) is 7.01. The van der Waals surface area contributed by atoms with Crippen LogP contribution in [0.25, 0.3) is 11.6 Å². The Hall–Kier alpha value is -4.19. The van der Waals surface area contributed by atoms with Gasteiger partial charge in [0.25, 0.3) is 0 Å². The number of furan rings is 1. The number of fused-ring (bicyclic) bond motifs is 1. The third-order valence-corrected chi connectivity index (χ3v) is 7.80. The number of tetrazole rings is 1. The maximum atomic E-state index is 13.9. The van der Waals surface area contributed by atoms with Crippen molar-refractivity contribution in [1.29, 1.82) is 0 Å². The third kappa shape index (κ3) is 5.51. The van der Waals surface area contributed by atoms with Crippen molar-refractivity contribution in [2.75, 3.05) is 6.79 Å². The average Bonchev–Trinajstić information content (AvgIpc) is 3.75. The van der Waals surface area contributed by atoms with Crippen molar-refractivity contribution in [2.24, 2.45) is 0 Å². The first-order chi connectivity index (χ1) is 19.0. The number of benzene rings is 1. The van der Waals surface area contributed by atoms with Crippen LogP contribution >= 0.6 is 11.3 Å². The molecule has 2 amide bonds. The Bertz CT molecular complexity index is 1460. The molecule has 1 aromatic carbocycles. The molecule has 1 saturated carbocycles. The van der Waals surface area contributed by atoms with Crippen molar-refractivity contribution in [3.05, 3.63) is 64.0 Å². The van der Waals surface area contributed by atoms with E-state index in [9.17, 15) is 9.59 Å². The topological polar surface area (TPSA) is 125 Å². The summed E-state index contributed by atoms with van der Waals surface area (Å²) >= 11 is 1.44. The lowest BCUT2D eigenvalue weighted by Gasteiger charge is -2.31. The predicted octanol–water partition coefficient (Wildman–Crippen LogP) is 3.86. The Morgan fingerprint density at radius 1 is 1.15 bits per heavy atom. The number of rotatable bonds is 9. The van der Waals surface area contributed by atoms with Gasteiger partial charge in [-0.1, -0.05) is 25.0 Å². The van der Waals surface area contributed by atoms with E-state index in [4.69, 9.17) is 13.9 Å². The SMILES string of the molecule is Cc1ccc(-c2nnn(CC(=O)N(Cc3ccc4c(c3)OCO4)[C@H](C(=O)NC3CCCC3)c3cccs3)n2)o1. The van der Waals surface area contributed by atoms with Gasteiger partial charge in [-0.15, -0.1) is 21.5 Å². The number of ether oxygens (including phenoxy) is 2. The molecule has 12 heteroatoms. The third-order valence-electron chi connectivity index (χ3n) is 6.87. The van der Waals surface area contributed by atoms with Crippen LogP contribution in [0, 0.1) is 6.92 Å². The molecule has 1 fully saturated rings. The van der Waals surface area contributed by atoms with Crippen LogP contribution in [-0.2, 0) is 22.7 Å². The molecule has 4 heterocycles. The summed E-state index contributed by atoms with van der Waals surface area (Å²) in [5, 5.41) is 17.5. The van der Waals surface area contributed by atoms with Gasteiger partial charge in [0.1, 0.15) is 18.3 Å². The first kappa shape index (κ1) is 25.1. The molecule has 6 rings (SSSR count). The number of hydrogen-bond acceptors (Lipinski definition) is 9. The Labute approximate surface area is 228 Å². The van der Waals surface area contributed by atoms with Gasteiger partial charge in [0, 0.05) is 17.5 Å². The largest absolute Gasteiger partial charge is 0.458 e. The highest BCUT2D eigenvalue weighted by atomic mass is 32.1. The van der Waals surface area contributed by atoms with Gasteiger partial charge in [-0.25, -0.2) is 0 Å². The van der Waals surface area contributed by atoms with E-state index >= 15 is 0 Å². The van der Waals surface area contributed by atoms with Crippen LogP contribution in [0.3, 0.4) is 0 Å². The fraction of sp³-hybridized carbons (Fsp3) is 0.370. The molecule has 0 radical (unpaired) electrons. The highest BCUT2D eigenvalue weighted by Gasteiger charge is 2.34. The van der Waals surface area contributed by atoms with Gasteiger partial charge in [0.15, 0.2) is 17.3 Å². The molecule has 1 atom stereocenters. The van der Waals surface area contributed by atoms with E-state index in [2.05, 4.69) is 20.7 Å². The van der Waals surface area contributed by atoms with E-state index in [0.717, 1.165) is 41.9 Å². The lowest BCUT2D eigenvalue weighted by atomic mass is 10.1. The normalized spacial score (nSPS) is 15.4. The average molecular weight is 549 g/mol. The minimum absolute atomic E-state index is 0.110. The van der Waals surface area contributed by atoms with Gasteiger partial charge in [-0.05, 0) is 66.3 Å². The molecular formula is C27H28N6O5S. The molecule has 2 aliphatic rings. The zero-order chi connectivity index (χ0) is 26.8. The molecule has 4 aromatic rings. The van der Waals surface area contributed by atoms with Crippen molar-refractivity contribution in [3.63, 3.8) is 0 Å². The van der Waals surface area contributed by atoms with E-state index in [1.165, 1.54) is 16.1 Å². The quantitative estimate of drug-likeness (QED) is 0.334. The molecular weight excluding hydrogens is 520 g/mol. The predicted molar refractivity (Wildman–Crippen MR) is 141 cm³/mol. The Morgan fingerprint density at radius 2 is 2.00 bits per heavy atom. The number of amides is 2. The van der Waals surface area contributed by atoms with Gasteiger partial charge < -0.3 is 24.1 Å². The molecule has 202 valence electrons. The molecule has 3 aromatic heterocycles. The van der Waals surface area contributed by atoms with Gasteiger partial charge in [0.2, 0.25) is 24.4 Å². The summed E-state index contributed by atoms with van der Waals surface area (Å²) in [6, 6.07) is 12.2. The van der Waals surface area contributed by atoms with Crippen LogP contribution in [-0.4, -0.2) is 49.8 Å². The van der Waals surface area contributed by atoms with Crippen molar-refractivity contribution < 1.29 is 23.5 Å². The maximum absolute atomic E-state index is 13.9. The highest BCUT2D eigenvalue weighted by molar-refractivity contribution is 7.10. The Balaban J connectivity index is 1.30. The first-order valence-electron chi connectivity index (χ1n) is 12.9. The second kappa shape index (κ2) is 10.9. The lowest BCUT2D eigenvalue weighted by molar-refractivity contribution is -0.142. The second-order valence-corrected chi connectivity index (χ2v) is 10.7. The highest BCUT2D eigenvalue weighted by Crippen LogP contribution is 2.34. The first-order valence-corrected chi connectivity index (χ1v) is 13.8. The monoisotopic (exact) mass is 548 g/mol. The summed E-state index contributed by atoms with van der Waals surface area (Å²) < 4.78 is 16.6. The molecule has 0 saturated heterocycles. The molecule has 0 bridgehead atoms. The number of carbonyl (C=O) groups excluding carboxylic acids is 2. The maximum Gasteiger partial charge on any atom is 0.248 e. The summed E-state index contributed by atoms with van der Waals surface area (Å²) in [6.07, 6.45) is 4.06. The van der Waals surface area contributed by atoms with Crippen LogP contribution in [0.4, 0.5) is 0 Å². The van der Waals surface area contributed by atoms with E-state index in [1.54, 1.807) is 11.0 Å². The number of thiophene rings is 1. The van der Waals surface area contributed by atoms with Crippen molar-refractivity contribution in [2.45, 2.75) is 57.8 Å². The fourth-order valence-electron chi connectivity index (χ4n) is 4.96. The van der Waals surface area contributed by atoms with Crippen LogP contribution in [0.2, 0.25) is 0 Å². The minimum atomic E-state index is -0.820. The van der Waals surface area contributed by atoms with Crippen molar-refractivity contribution in [1.82, 2.24) is 30.4 Å². The number of carbonyl (C=O) groups is 2. The van der Waals surface area contributed by atoms with Crippen LogP contribution in [0.5, 0.6) is 11.5 Å². The summed E-state index contributed by atoms with van der Waals surface area (Å²) in [5.74, 6) is 2.21. The molecule has 0 spiro atoms. The van der Waals surface area contributed by atoms with Crippen LogP contribution < -0.4 is 14.8 Å². The number of hydrogen-bond donors (Lipinski definition) is 1. The number of nitrogens with one attached hydrogen (secondary N) is 1. The second-order valence-electron chi connectivity index (χ2n) is 9.67. The van der Waals surface area contributed by atoms with Gasteiger partial charge in [-0.2, -0.15) is 4.80 Å². The molecule has 11 nitrogen and oxygen atoms in total. The smallest absolute Gasteiger partial charge is 0.248 e. The zero-order valence-electron chi connectivity index (χ0n) is 21.4. The number of aryl methyl sites for hydroxylation is 1. The van der Waals surface area contributed by atoms with Gasteiger partial charge >= 0.3 is 0 Å². The number of nitrogens with zero attached hydrogens (tertiary/aromatic N) is 5. The van der Waals surface area contributed by atoms with E-state index < -0.39 is 6.04 Å². The standard InChI is InChI=1S/C27H28N6O5S/c1-17-8-10-21(38-17)26-29-31-33(30-26)15-24(34)32(14-18-9-11-20-22(13-18)37-16-36-20)25(23-7-4-12-39-23)27(35)28-19-5-2-3-6-19/h4,7-13,19,25H,2-3,5-6,14-16H2,1H3,(H,28,35)/t25-/m0/s1. The van der Waals surface area contributed by atoms with E-state index in [0.29, 0.717) is 17.3 Å². The summed E-state index contributed by atoms with van der Waals surface area (Å²) in [4.78, 5) is 31.3. The minimum Gasteiger partial charge on any atom is -0.458 e. The fourth-order valence-corrected chi connectivity index (χ4v) is 5.79. The zero-order valence-corrected chi connectivity index (χ0v) is 22.2. The van der Waals surface area contributed by atoms with Gasteiger partial charge in [0.05, 0.1) is 0 Å². The van der Waals surface area contributed by atoms with Crippen LogP contribution in [0.15, 0.2) is 52.3 Å². The van der Waals surface area contributed by atoms with Crippen molar-refractivity contribution >= 4 is 23.2 Å². The molecule has 1 aliphatic heterocycles. The lowest BCUT2D eigenvalue weighted by Crippen LogP contribution is -2.46. The van der Waals surface area contributed by atoms with E-state index in [1.807, 2.05) is 48.7 Å². The molecule has 39 heavy (non-hydrogen) atoms. The van der Waals surface area contributed by atoms with Crippen LogP contribution in [0.1, 0.15) is 47.9 Å². The Morgan fingerprint density at radius 3 is 2.77 bits per heavy atom. The van der Waals surface area contributed by atoms with E-state index in [-0.39, 0.29) is 43.6 Å². The van der Waals surface area contributed by atoms with Gasteiger partial charge in [-0.3, -0.25) is 9.59 Å². The summed E-state index contributed by atoms with van der Waals surface area (Å²) in [7, 11) is 0.